The van der Waals surface area contributed by atoms with Crippen molar-refractivity contribution >= 4 is 22.4 Å². The van der Waals surface area contributed by atoms with Crippen LogP contribution in [0.2, 0.25) is 0 Å². The minimum absolute atomic E-state index is 0.181. The predicted octanol–water partition coefficient (Wildman–Crippen LogP) is 4.61. The molecule has 5 heteroatoms. The number of anilines is 1. The van der Waals surface area contributed by atoms with Gasteiger partial charge in [0.15, 0.2) is 11.2 Å². The van der Waals surface area contributed by atoms with Crippen molar-refractivity contribution in [1.29, 1.82) is 0 Å². The average molecular weight is 338 g/mol. The number of carbonyl (C=O) groups excluding carboxylic acids is 1. The summed E-state index contributed by atoms with van der Waals surface area (Å²) >= 11 is 1.39. The van der Waals surface area contributed by atoms with Crippen molar-refractivity contribution in [3.63, 3.8) is 0 Å². The van der Waals surface area contributed by atoms with Crippen LogP contribution in [0.15, 0.2) is 66.2 Å². The molecule has 0 unspecified atom stereocenters. The maximum Gasteiger partial charge on any atom is 0.267 e. The maximum atomic E-state index is 12.3. The lowest BCUT2D eigenvalue weighted by molar-refractivity contribution is -0.122. The van der Waals surface area contributed by atoms with Crippen LogP contribution in [-0.4, -0.2) is 17.0 Å². The minimum Gasteiger partial charge on any atom is -0.481 e. The maximum absolute atomic E-state index is 12.3. The first kappa shape index (κ1) is 16.2. The number of hydrogen-bond acceptors (Lipinski definition) is 4. The van der Waals surface area contributed by atoms with E-state index in [-0.39, 0.29) is 5.91 Å². The van der Waals surface area contributed by atoms with Crippen molar-refractivity contribution in [2.75, 3.05) is 5.32 Å². The van der Waals surface area contributed by atoms with Gasteiger partial charge in [0.2, 0.25) is 0 Å². The first-order valence-corrected chi connectivity index (χ1v) is 8.66. The van der Waals surface area contributed by atoms with Gasteiger partial charge in [0.05, 0.1) is 0 Å². The Morgan fingerprint density at radius 1 is 1.12 bits per heavy atom. The van der Waals surface area contributed by atoms with Crippen molar-refractivity contribution in [2.24, 2.45) is 0 Å². The minimum atomic E-state index is -0.545. The van der Waals surface area contributed by atoms with E-state index in [4.69, 9.17) is 4.74 Å². The van der Waals surface area contributed by atoms with Gasteiger partial charge in [-0.15, -0.1) is 11.3 Å². The third-order valence-corrected chi connectivity index (χ3v) is 4.25. The van der Waals surface area contributed by atoms with E-state index in [9.17, 15) is 4.79 Å². The molecule has 1 aromatic heterocycles. The molecule has 2 aromatic carbocycles. The number of amides is 1. The van der Waals surface area contributed by atoms with Crippen molar-refractivity contribution in [2.45, 2.75) is 19.4 Å². The summed E-state index contributed by atoms with van der Waals surface area (Å²) in [5.74, 6) is 0.496. The fourth-order valence-corrected chi connectivity index (χ4v) is 2.85. The van der Waals surface area contributed by atoms with Gasteiger partial charge >= 0.3 is 0 Å². The lowest BCUT2D eigenvalue weighted by Gasteiger charge is -2.16. The Morgan fingerprint density at radius 3 is 2.46 bits per heavy atom. The first-order valence-electron chi connectivity index (χ1n) is 7.78. The molecule has 1 N–H and O–H groups in total. The SMILES string of the molecule is CC[C@H](Oc1ccc(-c2ccccc2)cc1)C(=O)Nc1nccs1. The molecule has 0 aliphatic carbocycles. The number of benzene rings is 2. The third kappa shape index (κ3) is 4.00. The second kappa shape index (κ2) is 7.75. The monoisotopic (exact) mass is 338 g/mol. The molecule has 122 valence electrons. The van der Waals surface area contributed by atoms with Crippen LogP contribution in [-0.2, 0) is 4.79 Å². The number of nitrogens with one attached hydrogen (secondary N) is 1. The quantitative estimate of drug-likeness (QED) is 0.714. The molecular weight excluding hydrogens is 320 g/mol. The zero-order valence-electron chi connectivity index (χ0n) is 13.3. The Morgan fingerprint density at radius 2 is 1.83 bits per heavy atom. The zero-order valence-corrected chi connectivity index (χ0v) is 14.1. The van der Waals surface area contributed by atoms with Crippen molar-refractivity contribution < 1.29 is 9.53 Å². The molecule has 1 amide bonds. The molecule has 0 saturated carbocycles. The van der Waals surface area contributed by atoms with Crippen LogP contribution in [0.5, 0.6) is 5.75 Å². The Hall–Kier alpha value is -2.66. The smallest absolute Gasteiger partial charge is 0.267 e. The van der Waals surface area contributed by atoms with Crippen molar-refractivity contribution in [1.82, 2.24) is 4.98 Å². The summed E-state index contributed by atoms with van der Waals surface area (Å²) in [6, 6.07) is 17.9. The van der Waals surface area contributed by atoms with Gasteiger partial charge < -0.3 is 4.74 Å². The van der Waals surface area contributed by atoms with Crippen LogP contribution in [0.3, 0.4) is 0 Å². The summed E-state index contributed by atoms with van der Waals surface area (Å²) in [5.41, 5.74) is 2.26. The summed E-state index contributed by atoms with van der Waals surface area (Å²) < 4.78 is 5.83. The highest BCUT2D eigenvalue weighted by Gasteiger charge is 2.19. The summed E-state index contributed by atoms with van der Waals surface area (Å²) in [5, 5.41) is 5.18. The lowest BCUT2D eigenvalue weighted by Crippen LogP contribution is -2.32. The predicted molar refractivity (Wildman–Crippen MR) is 97.3 cm³/mol. The van der Waals surface area contributed by atoms with Gasteiger partial charge in [0.1, 0.15) is 5.75 Å². The highest BCUT2D eigenvalue weighted by Crippen LogP contribution is 2.23. The van der Waals surface area contributed by atoms with Gasteiger partial charge in [0.25, 0.3) is 5.91 Å². The van der Waals surface area contributed by atoms with E-state index in [1.54, 1.807) is 6.20 Å². The van der Waals surface area contributed by atoms with Crippen LogP contribution in [0.25, 0.3) is 11.1 Å². The summed E-state index contributed by atoms with van der Waals surface area (Å²) in [4.78, 5) is 16.3. The zero-order chi connectivity index (χ0) is 16.8. The van der Waals surface area contributed by atoms with Crippen LogP contribution < -0.4 is 10.1 Å². The summed E-state index contributed by atoms with van der Waals surface area (Å²) in [7, 11) is 0. The van der Waals surface area contributed by atoms with Gasteiger partial charge in [-0.2, -0.15) is 0 Å². The standard InChI is InChI=1S/C19H18N2O2S/c1-2-17(18(22)21-19-20-12-13-24-19)23-16-10-8-15(9-11-16)14-6-4-3-5-7-14/h3-13,17H,2H2,1H3,(H,20,21,22)/t17-/m0/s1. The van der Waals surface area contributed by atoms with E-state index in [0.717, 1.165) is 11.1 Å². The highest BCUT2D eigenvalue weighted by molar-refractivity contribution is 7.13. The lowest BCUT2D eigenvalue weighted by atomic mass is 10.1. The largest absolute Gasteiger partial charge is 0.481 e. The number of nitrogens with zero attached hydrogens (tertiary/aromatic N) is 1. The van der Waals surface area contributed by atoms with Crippen LogP contribution in [0.4, 0.5) is 5.13 Å². The molecule has 0 bridgehead atoms. The van der Waals surface area contributed by atoms with E-state index in [1.807, 2.05) is 54.8 Å². The Bertz CT molecular complexity index is 771. The molecule has 4 nitrogen and oxygen atoms in total. The second-order valence-electron chi connectivity index (χ2n) is 5.23. The number of rotatable bonds is 6. The van der Waals surface area contributed by atoms with Gasteiger partial charge in [-0.3, -0.25) is 10.1 Å². The Kier molecular flexibility index (Phi) is 5.23. The molecule has 0 spiro atoms. The number of aromatic nitrogens is 1. The van der Waals surface area contributed by atoms with Gasteiger partial charge in [0, 0.05) is 11.6 Å². The van der Waals surface area contributed by atoms with E-state index >= 15 is 0 Å². The fraction of sp³-hybridized carbons (Fsp3) is 0.158. The third-order valence-electron chi connectivity index (χ3n) is 3.57. The molecule has 3 aromatic rings. The normalized spacial score (nSPS) is 11.7. The van der Waals surface area contributed by atoms with E-state index in [2.05, 4.69) is 22.4 Å². The van der Waals surface area contributed by atoms with Crippen molar-refractivity contribution in [3.05, 3.63) is 66.2 Å². The Labute approximate surface area is 145 Å². The van der Waals surface area contributed by atoms with E-state index in [0.29, 0.717) is 17.3 Å². The molecule has 1 atom stereocenters. The molecule has 0 aliphatic rings. The van der Waals surface area contributed by atoms with Gasteiger partial charge in [-0.1, -0.05) is 49.4 Å². The van der Waals surface area contributed by atoms with Crippen molar-refractivity contribution in [3.8, 4) is 16.9 Å². The summed E-state index contributed by atoms with van der Waals surface area (Å²) in [6.45, 7) is 1.92. The number of hydrogen-bond donors (Lipinski definition) is 1. The average Bonchev–Trinajstić information content (AvgIpc) is 3.14. The topological polar surface area (TPSA) is 51.2 Å². The molecule has 1 heterocycles. The van der Waals surface area contributed by atoms with E-state index < -0.39 is 6.10 Å². The number of thiazole rings is 1. The molecular formula is C19H18N2O2S. The summed E-state index contributed by atoms with van der Waals surface area (Å²) in [6.07, 6.45) is 1.69. The molecule has 24 heavy (non-hydrogen) atoms. The van der Waals surface area contributed by atoms with Gasteiger partial charge in [-0.25, -0.2) is 4.98 Å². The highest BCUT2D eigenvalue weighted by atomic mass is 32.1. The molecule has 0 fully saturated rings. The van der Waals surface area contributed by atoms with Crippen LogP contribution >= 0.6 is 11.3 Å². The number of carbonyl (C=O) groups is 1. The number of ether oxygens (including phenoxy) is 1. The van der Waals surface area contributed by atoms with Crippen LogP contribution in [0, 0.1) is 0 Å². The second-order valence-corrected chi connectivity index (χ2v) is 6.13. The van der Waals surface area contributed by atoms with Gasteiger partial charge in [-0.05, 0) is 29.7 Å². The van der Waals surface area contributed by atoms with Crippen LogP contribution in [0.1, 0.15) is 13.3 Å². The fourth-order valence-electron chi connectivity index (χ4n) is 2.31. The molecule has 0 saturated heterocycles. The molecule has 0 aliphatic heterocycles. The Balaban J connectivity index is 1.66. The molecule has 0 radical (unpaired) electrons. The van der Waals surface area contributed by atoms with E-state index in [1.165, 1.54) is 11.3 Å². The first-order chi connectivity index (χ1) is 11.8. The molecule has 3 rings (SSSR count).